The number of likely N-dealkylation sites (tertiary alicyclic amines) is 1. The van der Waals surface area contributed by atoms with Gasteiger partial charge in [-0.1, -0.05) is 0 Å². The number of aliphatic hydroxyl groups is 1. The van der Waals surface area contributed by atoms with Gasteiger partial charge < -0.3 is 29.6 Å². The first-order valence-corrected chi connectivity index (χ1v) is 8.45. The molecule has 0 unspecified atom stereocenters. The third kappa shape index (κ3) is 4.24. The van der Waals surface area contributed by atoms with E-state index in [1.807, 2.05) is 18.2 Å². The van der Waals surface area contributed by atoms with Gasteiger partial charge in [0.1, 0.15) is 11.3 Å². The number of carboxylic acid groups (broad SMARTS) is 1. The molecular formula is C18H24N2O5. The number of benzene rings is 1. The molecule has 1 aromatic heterocycles. The van der Waals surface area contributed by atoms with Crippen molar-refractivity contribution in [3.8, 4) is 5.75 Å². The molecule has 7 nitrogen and oxygen atoms in total. The van der Waals surface area contributed by atoms with Gasteiger partial charge in [0.2, 0.25) is 0 Å². The summed E-state index contributed by atoms with van der Waals surface area (Å²) in [7, 11) is 1.65. The quantitative estimate of drug-likeness (QED) is 0.740. The number of amides is 1. The van der Waals surface area contributed by atoms with Crippen LogP contribution < -0.4 is 10.1 Å². The summed E-state index contributed by atoms with van der Waals surface area (Å²) in [5.74, 6) is 0.809. The van der Waals surface area contributed by atoms with Crippen molar-refractivity contribution in [3.05, 3.63) is 30.0 Å². The molecule has 1 aromatic carbocycles. The summed E-state index contributed by atoms with van der Waals surface area (Å²) in [6, 6.07) is 5.78. The standard InChI is InChI=1S/C18H24N2O5/c1-24-14-2-3-16-15(10-14)13(11-25-16)4-7-20-8-5-18(23,6-9-20)12-19-17(21)22/h2-3,10-11,19,23H,4-9,12H2,1H3,(H,21,22). The van der Waals surface area contributed by atoms with E-state index in [2.05, 4.69) is 10.2 Å². The molecule has 2 heterocycles. The Kier molecular flexibility index (Phi) is 5.15. The van der Waals surface area contributed by atoms with Crippen LogP contribution in [0.5, 0.6) is 5.75 Å². The van der Waals surface area contributed by atoms with Crippen LogP contribution in [0, 0.1) is 0 Å². The molecule has 0 atom stereocenters. The highest BCUT2D eigenvalue weighted by Gasteiger charge is 2.32. The number of nitrogens with one attached hydrogen (secondary N) is 1. The molecular weight excluding hydrogens is 324 g/mol. The van der Waals surface area contributed by atoms with Gasteiger partial charge in [0, 0.05) is 31.6 Å². The Morgan fingerprint density at radius 3 is 2.84 bits per heavy atom. The van der Waals surface area contributed by atoms with Crippen LogP contribution in [0.25, 0.3) is 11.0 Å². The fourth-order valence-electron chi connectivity index (χ4n) is 3.27. The van der Waals surface area contributed by atoms with Crippen LogP contribution in [0.15, 0.2) is 28.9 Å². The fraction of sp³-hybridized carbons (Fsp3) is 0.500. The van der Waals surface area contributed by atoms with Crippen molar-refractivity contribution in [1.82, 2.24) is 10.2 Å². The average molecular weight is 348 g/mol. The number of fused-ring (bicyclic) bond motifs is 1. The zero-order chi connectivity index (χ0) is 17.9. The summed E-state index contributed by atoms with van der Waals surface area (Å²) in [6.45, 7) is 2.45. The number of hydrogen-bond acceptors (Lipinski definition) is 5. The van der Waals surface area contributed by atoms with Gasteiger partial charge in [-0.15, -0.1) is 0 Å². The third-order valence-corrected chi connectivity index (χ3v) is 4.91. The maximum Gasteiger partial charge on any atom is 0.404 e. The van der Waals surface area contributed by atoms with E-state index in [0.717, 1.165) is 48.3 Å². The molecule has 1 amide bonds. The van der Waals surface area contributed by atoms with Crippen molar-refractivity contribution in [1.29, 1.82) is 0 Å². The number of rotatable bonds is 6. The predicted octanol–water partition coefficient (Wildman–Crippen LogP) is 2.08. The van der Waals surface area contributed by atoms with Crippen LogP contribution in [-0.2, 0) is 6.42 Å². The van der Waals surface area contributed by atoms with E-state index >= 15 is 0 Å². The summed E-state index contributed by atoms with van der Waals surface area (Å²) in [4.78, 5) is 12.9. The first-order valence-electron chi connectivity index (χ1n) is 8.45. The average Bonchev–Trinajstić information content (AvgIpc) is 3.02. The number of carbonyl (C=O) groups is 1. The van der Waals surface area contributed by atoms with Gasteiger partial charge in [0.05, 0.1) is 19.0 Å². The number of furan rings is 1. The largest absolute Gasteiger partial charge is 0.497 e. The van der Waals surface area contributed by atoms with E-state index in [4.69, 9.17) is 14.3 Å². The lowest BCUT2D eigenvalue weighted by Crippen LogP contribution is -2.51. The Balaban J connectivity index is 1.54. The molecule has 0 spiro atoms. The highest BCUT2D eigenvalue weighted by Crippen LogP contribution is 2.27. The number of methoxy groups -OCH3 is 1. The second-order valence-corrected chi connectivity index (χ2v) is 6.60. The Bertz CT molecular complexity index is 734. The topological polar surface area (TPSA) is 95.2 Å². The van der Waals surface area contributed by atoms with Gasteiger partial charge in [-0.3, -0.25) is 0 Å². The first-order chi connectivity index (χ1) is 12.0. The molecule has 3 rings (SSSR count). The first kappa shape index (κ1) is 17.6. The van der Waals surface area contributed by atoms with Crippen LogP contribution in [-0.4, -0.2) is 60.1 Å². The Hall–Kier alpha value is -2.25. The lowest BCUT2D eigenvalue weighted by atomic mass is 9.91. The van der Waals surface area contributed by atoms with E-state index < -0.39 is 11.7 Å². The molecule has 3 N–H and O–H groups in total. The summed E-state index contributed by atoms with van der Waals surface area (Å²) >= 11 is 0. The summed E-state index contributed by atoms with van der Waals surface area (Å²) in [6.07, 6.45) is 2.67. The monoisotopic (exact) mass is 348 g/mol. The van der Waals surface area contributed by atoms with Crippen molar-refractivity contribution in [2.45, 2.75) is 24.9 Å². The van der Waals surface area contributed by atoms with Gasteiger partial charge in [-0.25, -0.2) is 4.79 Å². The SMILES string of the molecule is COc1ccc2occ(CCN3CCC(O)(CNC(=O)O)CC3)c2c1. The summed E-state index contributed by atoms with van der Waals surface area (Å²) in [5, 5.41) is 22.4. The van der Waals surface area contributed by atoms with Crippen molar-refractivity contribution >= 4 is 17.1 Å². The Morgan fingerprint density at radius 1 is 1.40 bits per heavy atom. The van der Waals surface area contributed by atoms with Gasteiger partial charge >= 0.3 is 6.09 Å². The van der Waals surface area contributed by atoms with Crippen molar-refractivity contribution in [2.75, 3.05) is 33.3 Å². The van der Waals surface area contributed by atoms with Gasteiger partial charge in [0.25, 0.3) is 0 Å². The Labute approximate surface area is 146 Å². The van der Waals surface area contributed by atoms with E-state index in [9.17, 15) is 9.90 Å². The van der Waals surface area contributed by atoms with Crippen LogP contribution in [0.3, 0.4) is 0 Å². The molecule has 1 fully saturated rings. The van der Waals surface area contributed by atoms with Crippen molar-refractivity contribution in [3.63, 3.8) is 0 Å². The number of nitrogens with zero attached hydrogens (tertiary/aromatic N) is 1. The highest BCUT2D eigenvalue weighted by molar-refractivity contribution is 5.82. The zero-order valence-electron chi connectivity index (χ0n) is 14.3. The number of ether oxygens (including phenoxy) is 1. The van der Waals surface area contributed by atoms with Crippen molar-refractivity contribution in [2.24, 2.45) is 0 Å². The molecule has 1 aliphatic rings. The normalized spacial score (nSPS) is 17.5. The van der Waals surface area contributed by atoms with Crippen LogP contribution in [0.4, 0.5) is 4.79 Å². The molecule has 2 aromatic rings. The highest BCUT2D eigenvalue weighted by atomic mass is 16.5. The maximum atomic E-state index is 10.6. The van der Waals surface area contributed by atoms with E-state index in [1.54, 1.807) is 13.4 Å². The van der Waals surface area contributed by atoms with Crippen molar-refractivity contribution < 1.29 is 24.2 Å². The minimum absolute atomic E-state index is 0.0857. The van der Waals surface area contributed by atoms with Crippen LogP contribution in [0.1, 0.15) is 18.4 Å². The predicted molar refractivity (Wildman–Crippen MR) is 93.1 cm³/mol. The van der Waals surface area contributed by atoms with E-state index in [0.29, 0.717) is 12.8 Å². The molecule has 0 aliphatic carbocycles. The fourth-order valence-corrected chi connectivity index (χ4v) is 3.27. The molecule has 0 saturated carbocycles. The molecule has 25 heavy (non-hydrogen) atoms. The van der Waals surface area contributed by atoms with Crippen LogP contribution >= 0.6 is 0 Å². The van der Waals surface area contributed by atoms with E-state index in [1.165, 1.54) is 0 Å². The minimum Gasteiger partial charge on any atom is -0.497 e. The number of piperidine rings is 1. The van der Waals surface area contributed by atoms with Crippen LogP contribution in [0.2, 0.25) is 0 Å². The smallest absolute Gasteiger partial charge is 0.404 e. The molecule has 0 bridgehead atoms. The van der Waals surface area contributed by atoms with Gasteiger partial charge in [-0.2, -0.15) is 0 Å². The molecule has 136 valence electrons. The third-order valence-electron chi connectivity index (χ3n) is 4.91. The van der Waals surface area contributed by atoms with Gasteiger partial charge in [0.15, 0.2) is 0 Å². The molecule has 0 radical (unpaired) electrons. The lowest BCUT2D eigenvalue weighted by molar-refractivity contribution is -0.0186. The zero-order valence-corrected chi connectivity index (χ0v) is 14.3. The number of hydrogen-bond donors (Lipinski definition) is 3. The minimum atomic E-state index is -1.10. The van der Waals surface area contributed by atoms with Gasteiger partial charge in [-0.05, 0) is 43.0 Å². The summed E-state index contributed by atoms with van der Waals surface area (Å²) in [5.41, 5.74) is 1.05. The Morgan fingerprint density at radius 2 is 2.16 bits per heavy atom. The van der Waals surface area contributed by atoms with E-state index in [-0.39, 0.29) is 6.54 Å². The molecule has 1 aliphatic heterocycles. The second kappa shape index (κ2) is 7.33. The lowest BCUT2D eigenvalue weighted by Gasteiger charge is -2.38. The summed E-state index contributed by atoms with van der Waals surface area (Å²) < 4.78 is 10.9. The molecule has 7 heteroatoms. The second-order valence-electron chi connectivity index (χ2n) is 6.60. The maximum absolute atomic E-state index is 10.6. The molecule has 1 saturated heterocycles.